The van der Waals surface area contributed by atoms with Gasteiger partial charge >= 0.3 is 0 Å². The molecular formula is C20H18N2O5S. The summed E-state index contributed by atoms with van der Waals surface area (Å²) in [6.45, 7) is 0. The molecule has 0 unspecified atom stereocenters. The van der Waals surface area contributed by atoms with Gasteiger partial charge in [-0.05, 0) is 18.2 Å². The fourth-order valence-corrected chi connectivity index (χ4v) is 5.10. The average Bonchev–Trinajstić information content (AvgIpc) is 3.37. The second-order valence-electron chi connectivity index (χ2n) is 6.48. The zero-order chi connectivity index (χ0) is 19.9. The van der Waals surface area contributed by atoms with Crippen LogP contribution in [0.1, 0.15) is 23.7 Å². The normalized spacial score (nSPS) is 24.1. The maximum Gasteiger partial charge on any atom is 0.231 e. The van der Waals surface area contributed by atoms with E-state index in [0.717, 1.165) is 0 Å². The number of methoxy groups -OCH3 is 2. The van der Waals surface area contributed by atoms with Gasteiger partial charge in [-0.25, -0.2) is 0 Å². The molecule has 8 heteroatoms. The maximum absolute atomic E-state index is 13.1. The molecule has 1 aromatic carbocycles. The monoisotopic (exact) mass is 398 g/mol. The van der Waals surface area contributed by atoms with E-state index in [0.29, 0.717) is 27.7 Å². The topological polar surface area (TPSA) is 95.9 Å². The average molecular weight is 398 g/mol. The summed E-state index contributed by atoms with van der Waals surface area (Å²) in [6.07, 6.45) is 1.47. The fourth-order valence-electron chi connectivity index (χ4n) is 3.77. The number of allylic oxidation sites excluding steroid dienone is 1. The molecule has 2 aliphatic rings. The summed E-state index contributed by atoms with van der Waals surface area (Å²) in [5.41, 5.74) is -0.488. The molecule has 1 saturated heterocycles. The Morgan fingerprint density at radius 1 is 1.32 bits per heavy atom. The highest BCUT2D eigenvalue weighted by Crippen LogP contribution is 2.53. The summed E-state index contributed by atoms with van der Waals surface area (Å²) >= 11 is 1.27. The van der Waals surface area contributed by atoms with E-state index in [-0.39, 0.29) is 23.8 Å². The molecule has 1 amide bonds. The molecule has 2 aromatic rings. The van der Waals surface area contributed by atoms with Crippen LogP contribution in [-0.2, 0) is 10.5 Å². The molecule has 1 N–H and O–H groups in total. The first-order chi connectivity index (χ1) is 13.5. The number of rotatable bonds is 4. The Labute approximate surface area is 166 Å². The smallest absolute Gasteiger partial charge is 0.231 e. The van der Waals surface area contributed by atoms with E-state index in [2.05, 4.69) is 6.07 Å². The van der Waals surface area contributed by atoms with E-state index in [1.54, 1.807) is 24.3 Å². The van der Waals surface area contributed by atoms with Gasteiger partial charge in [0.15, 0.2) is 17.3 Å². The number of ether oxygens (including phenoxy) is 2. The molecule has 144 valence electrons. The largest absolute Gasteiger partial charge is 0.493 e. The van der Waals surface area contributed by atoms with Gasteiger partial charge in [-0.3, -0.25) is 9.69 Å². The van der Waals surface area contributed by atoms with Crippen molar-refractivity contribution >= 4 is 17.7 Å². The van der Waals surface area contributed by atoms with Gasteiger partial charge in [-0.2, -0.15) is 5.26 Å². The van der Waals surface area contributed by atoms with Gasteiger partial charge in [0.1, 0.15) is 0 Å². The Kier molecular flexibility index (Phi) is 4.57. The zero-order valence-corrected chi connectivity index (χ0v) is 16.2. The van der Waals surface area contributed by atoms with Gasteiger partial charge in [-0.15, -0.1) is 11.8 Å². The summed E-state index contributed by atoms with van der Waals surface area (Å²) in [5, 5.41) is 21.5. The first kappa shape index (κ1) is 18.5. The van der Waals surface area contributed by atoms with Crippen LogP contribution in [0.4, 0.5) is 0 Å². The van der Waals surface area contributed by atoms with Crippen LogP contribution in [0.3, 0.4) is 0 Å². The lowest BCUT2D eigenvalue weighted by atomic mass is 9.85. The lowest BCUT2D eigenvalue weighted by molar-refractivity contribution is -0.152. The van der Waals surface area contributed by atoms with Gasteiger partial charge in [0, 0.05) is 17.9 Å². The minimum Gasteiger partial charge on any atom is -0.493 e. The Bertz CT molecular complexity index is 995. The van der Waals surface area contributed by atoms with Crippen LogP contribution >= 0.6 is 11.8 Å². The molecular weight excluding hydrogens is 380 g/mol. The molecule has 0 spiro atoms. The number of amides is 1. The first-order valence-electron chi connectivity index (χ1n) is 8.62. The zero-order valence-electron chi connectivity index (χ0n) is 15.3. The molecule has 7 nitrogen and oxygen atoms in total. The summed E-state index contributed by atoms with van der Waals surface area (Å²) in [4.78, 5) is 14.4. The van der Waals surface area contributed by atoms with Crippen LogP contribution in [0.25, 0.3) is 0 Å². The number of carbonyl (C=O) groups is 1. The van der Waals surface area contributed by atoms with Crippen molar-refractivity contribution in [2.24, 2.45) is 0 Å². The van der Waals surface area contributed by atoms with Crippen molar-refractivity contribution in [3.63, 3.8) is 0 Å². The van der Waals surface area contributed by atoms with Crippen molar-refractivity contribution in [3.05, 3.63) is 58.5 Å². The predicted molar refractivity (Wildman–Crippen MR) is 101 cm³/mol. The number of fused-ring (bicyclic) bond motifs is 1. The molecule has 1 aromatic heterocycles. The number of carbonyl (C=O) groups excluding carboxylic acids is 1. The summed E-state index contributed by atoms with van der Waals surface area (Å²) in [7, 11) is 3.06. The van der Waals surface area contributed by atoms with Crippen LogP contribution in [0.15, 0.2) is 51.6 Å². The third kappa shape index (κ3) is 2.58. The summed E-state index contributed by atoms with van der Waals surface area (Å²) in [6, 6.07) is 10.9. The number of hydrogen-bond donors (Lipinski definition) is 1. The van der Waals surface area contributed by atoms with Crippen LogP contribution in [-0.4, -0.2) is 35.9 Å². The minimum atomic E-state index is -1.61. The second kappa shape index (κ2) is 6.93. The molecule has 4 rings (SSSR count). The Morgan fingerprint density at radius 3 is 2.79 bits per heavy atom. The highest BCUT2D eigenvalue weighted by atomic mass is 32.2. The number of para-hydroxylation sites is 1. The molecule has 3 heterocycles. The number of nitriles is 1. The highest BCUT2D eigenvalue weighted by Gasteiger charge is 2.53. The maximum atomic E-state index is 13.1. The van der Waals surface area contributed by atoms with Crippen LogP contribution in [0.5, 0.6) is 11.5 Å². The van der Waals surface area contributed by atoms with Crippen LogP contribution in [0.2, 0.25) is 0 Å². The van der Waals surface area contributed by atoms with Crippen molar-refractivity contribution < 1.29 is 23.8 Å². The lowest BCUT2D eigenvalue weighted by Crippen LogP contribution is -2.48. The van der Waals surface area contributed by atoms with E-state index in [4.69, 9.17) is 13.9 Å². The van der Waals surface area contributed by atoms with E-state index < -0.39 is 11.6 Å². The van der Waals surface area contributed by atoms with Crippen molar-refractivity contribution in [2.45, 2.75) is 18.1 Å². The number of benzene rings is 1. The minimum absolute atomic E-state index is 0.0273. The van der Waals surface area contributed by atoms with E-state index in [1.165, 1.54) is 37.1 Å². The van der Waals surface area contributed by atoms with Gasteiger partial charge in [-0.1, -0.05) is 12.1 Å². The Morgan fingerprint density at radius 2 is 2.14 bits per heavy atom. The SMILES string of the molecule is COc1cccc([C@H]2CC(=O)N3C(=C2C#N)SC[C@]3(O)c2ccco2)c1OC. The van der Waals surface area contributed by atoms with Crippen molar-refractivity contribution in [1.29, 1.82) is 5.26 Å². The van der Waals surface area contributed by atoms with E-state index >= 15 is 0 Å². The number of hydrogen-bond acceptors (Lipinski definition) is 7. The quantitative estimate of drug-likeness (QED) is 0.846. The molecule has 0 aliphatic carbocycles. The van der Waals surface area contributed by atoms with E-state index in [9.17, 15) is 15.2 Å². The molecule has 0 radical (unpaired) electrons. The fraction of sp³-hybridized carbons (Fsp3) is 0.300. The molecule has 1 fully saturated rings. The number of thioether (sulfide) groups is 1. The molecule has 0 bridgehead atoms. The Hall–Kier alpha value is -2.89. The lowest BCUT2D eigenvalue weighted by Gasteiger charge is -2.36. The standard InChI is InChI=1S/C20H18N2O5S/c1-25-15-6-3-5-12(18(15)26-2)13-9-17(23)22-19(14(13)10-21)28-11-20(22,24)16-7-4-8-27-16/h3-8,13,24H,9,11H2,1-2H3/t13-,20+/m1/s1. The highest BCUT2D eigenvalue weighted by molar-refractivity contribution is 8.03. The third-order valence-corrected chi connectivity index (χ3v) is 6.26. The first-order valence-corrected chi connectivity index (χ1v) is 9.61. The molecule has 28 heavy (non-hydrogen) atoms. The third-order valence-electron chi connectivity index (χ3n) is 5.04. The summed E-state index contributed by atoms with van der Waals surface area (Å²) in [5.74, 6) is 0.720. The van der Waals surface area contributed by atoms with Gasteiger partial charge < -0.3 is 19.0 Å². The van der Waals surface area contributed by atoms with Crippen LogP contribution < -0.4 is 9.47 Å². The predicted octanol–water partition coefficient (Wildman–Crippen LogP) is 2.94. The second-order valence-corrected chi connectivity index (χ2v) is 7.45. The van der Waals surface area contributed by atoms with Gasteiger partial charge in [0.25, 0.3) is 0 Å². The molecule has 0 saturated carbocycles. The number of furan rings is 1. The van der Waals surface area contributed by atoms with Crippen molar-refractivity contribution in [1.82, 2.24) is 4.90 Å². The van der Waals surface area contributed by atoms with Crippen molar-refractivity contribution in [3.8, 4) is 17.6 Å². The summed E-state index contributed by atoms with van der Waals surface area (Å²) < 4.78 is 16.2. The number of nitrogens with zero attached hydrogens (tertiary/aromatic N) is 2. The van der Waals surface area contributed by atoms with Gasteiger partial charge in [0.2, 0.25) is 11.6 Å². The Balaban J connectivity index is 1.85. The van der Waals surface area contributed by atoms with Crippen molar-refractivity contribution in [2.75, 3.05) is 20.0 Å². The van der Waals surface area contributed by atoms with E-state index in [1.807, 2.05) is 6.07 Å². The van der Waals surface area contributed by atoms with Crippen LogP contribution in [0, 0.1) is 11.3 Å². The van der Waals surface area contributed by atoms with Gasteiger partial charge in [0.05, 0.1) is 42.9 Å². The molecule has 2 atom stereocenters. The molecule has 2 aliphatic heterocycles. The number of aliphatic hydroxyl groups is 1.